The van der Waals surface area contributed by atoms with Gasteiger partial charge in [0.25, 0.3) is 0 Å². The van der Waals surface area contributed by atoms with Gasteiger partial charge >= 0.3 is 92.8 Å². The molecule has 1 heterocycles. The fourth-order valence-electron chi connectivity index (χ4n) is 1.44. The van der Waals surface area contributed by atoms with Gasteiger partial charge in [0.1, 0.15) is 0 Å². The summed E-state index contributed by atoms with van der Waals surface area (Å²) in [4.78, 5) is 11.6. The number of aryl methyl sites for hydroxylation is 1. The Morgan fingerprint density at radius 3 is 2.93 bits per heavy atom. The van der Waals surface area contributed by atoms with Crippen LogP contribution in [-0.2, 0) is 6.54 Å². The normalized spacial score (nSPS) is 10.9. The van der Waals surface area contributed by atoms with Crippen molar-refractivity contribution in [3.8, 4) is 0 Å². The van der Waals surface area contributed by atoms with Gasteiger partial charge in [-0.15, -0.1) is 0 Å². The Bertz CT molecular complexity index is 488. The molecular weight excluding hydrogens is 265 g/mol. The molecule has 14 heavy (non-hydrogen) atoms. The Morgan fingerprint density at radius 2 is 2.14 bits per heavy atom. The van der Waals surface area contributed by atoms with E-state index in [1.807, 2.05) is 28.8 Å². The van der Waals surface area contributed by atoms with Gasteiger partial charge in [0.15, 0.2) is 0 Å². The monoisotopic (exact) mass is 275 g/mol. The van der Waals surface area contributed by atoms with E-state index >= 15 is 0 Å². The molecule has 0 saturated heterocycles. The van der Waals surface area contributed by atoms with Gasteiger partial charge in [-0.2, -0.15) is 0 Å². The second-order valence-electron chi connectivity index (χ2n) is 3.03. The van der Waals surface area contributed by atoms with Crippen molar-refractivity contribution in [3.05, 3.63) is 33.5 Å². The van der Waals surface area contributed by atoms with Crippen molar-refractivity contribution in [2.45, 2.75) is 13.0 Å². The maximum absolute atomic E-state index is 11.6. The van der Waals surface area contributed by atoms with Gasteiger partial charge in [0, 0.05) is 0 Å². The van der Waals surface area contributed by atoms with Crippen LogP contribution in [0.5, 0.6) is 0 Å². The molecule has 0 aliphatic rings. The van der Waals surface area contributed by atoms with E-state index in [9.17, 15) is 4.79 Å². The number of para-hydroxylation sites is 1. The summed E-state index contributed by atoms with van der Waals surface area (Å²) in [5.74, 6) is 0.610. The molecular formula is C10H10ClNOSe. The molecule has 2 nitrogen and oxygen atoms in total. The molecule has 0 unspecified atom stereocenters. The molecule has 0 N–H and O–H groups in total. The van der Waals surface area contributed by atoms with Crippen molar-refractivity contribution in [1.29, 1.82) is 0 Å². The van der Waals surface area contributed by atoms with E-state index in [0.717, 1.165) is 18.5 Å². The summed E-state index contributed by atoms with van der Waals surface area (Å²) in [7, 11) is 0. The summed E-state index contributed by atoms with van der Waals surface area (Å²) in [6, 6.07) is 8.00. The summed E-state index contributed by atoms with van der Waals surface area (Å²) < 4.78 is 3.31. The number of alkyl halides is 1. The van der Waals surface area contributed by atoms with E-state index in [0.29, 0.717) is 5.88 Å². The van der Waals surface area contributed by atoms with E-state index in [2.05, 4.69) is 0 Å². The first kappa shape index (κ1) is 10.0. The van der Waals surface area contributed by atoms with E-state index in [4.69, 9.17) is 11.6 Å². The van der Waals surface area contributed by atoms with Crippen molar-refractivity contribution >= 4 is 35.9 Å². The average molecular weight is 275 g/mol. The molecule has 0 spiro atoms. The van der Waals surface area contributed by atoms with Crippen LogP contribution in [0.4, 0.5) is 0 Å². The van der Waals surface area contributed by atoms with Gasteiger partial charge < -0.3 is 0 Å². The number of fused-ring (bicyclic) bond motifs is 1. The summed E-state index contributed by atoms with van der Waals surface area (Å²) in [6.45, 7) is 0.751. The van der Waals surface area contributed by atoms with E-state index in [1.165, 1.54) is 4.26 Å². The number of hydrogen-bond donors (Lipinski definition) is 0. The topological polar surface area (TPSA) is 22.0 Å². The molecule has 0 radical (unpaired) electrons. The Kier molecular flexibility index (Phi) is 3.12. The van der Waals surface area contributed by atoms with Gasteiger partial charge in [-0.05, 0) is 0 Å². The van der Waals surface area contributed by atoms with Gasteiger partial charge in [-0.1, -0.05) is 0 Å². The second kappa shape index (κ2) is 4.35. The molecule has 0 atom stereocenters. The van der Waals surface area contributed by atoms with Crippen LogP contribution in [0.3, 0.4) is 0 Å². The molecule has 74 valence electrons. The third-order valence-electron chi connectivity index (χ3n) is 2.09. The second-order valence-corrected chi connectivity index (χ2v) is 5.49. The number of hydrogen-bond acceptors (Lipinski definition) is 1. The third-order valence-corrected chi connectivity index (χ3v) is 4.37. The summed E-state index contributed by atoms with van der Waals surface area (Å²) in [5.41, 5.74) is 1.09. The summed E-state index contributed by atoms with van der Waals surface area (Å²) in [6.07, 6.45) is 0.859. The fourth-order valence-corrected chi connectivity index (χ4v) is 3.49. The Balaban J connectivity index is 2.51. The van der Waals surface area contributed by atoms with E-state index in [1.54, 1.807) is 0 Å². The Labute approximate surface area is 92.9 Å². The molecule has 0 aliphatic heterocycles. The minimum absolute atomic E-state index is 0.0249. The zero-order valence-corrected chi connectivity index (χ0v) is 10.0. The Hall–Kier alpha value is -0.501. The summed E-state index contributed by atoms with van der Waals surface area (Å²) in [5, 5.41) is 0. The van der Waals surface area contributed by atoms with Gasteiger partial charge in [-0.3, -0.25) is 0 Å². The molecule has 2 aromatic rings. The molecule has 0 saturated carbocycles. The predicted octanol–water partition coefficient (Wildman–Crippen LogP) is 1.69. The first-order valence-corrected chi connectivity index (χ1v) is 6.72. The zero-order chi connectivity index (χ0) is 9.97. The number of rotatable bonds is 3. The van der Waals surface area contributed by atoms with Gasteiger partial charge in [0.2, 0.25) is 0 Å². The molecule has 1 aromatic carbocycles. The average Bonchev–Trinajstić information content (AvgIpc) is 2.51. The van der Waals surface area contributed by atoms with Crippen LogP contribution in [0.15, 0.2) is 29.1 Å². The SMILES string of the molecule is O=c1[se]c2ccccc2n1CCCCl. The Morgan fingerprint density at radius 1 is 1.36 bits per heavy atom. The van der Waals surface area contributed by atoms with Crippen LogP contribution in [0.2, 0.25) is 0 Å². The van der Waals surface area contributed by atoms with Crippen molar-refractivity contribution in [1.82, 2.24) is 4.57 Å². The van der Waals surface area contributed by atoms with Crippen molar-refractivity contribution < 1.29 is 0 Å². The van der Waals surface area contributed by atoms with Crippen molar-refractivity contribution in [3.63, 3.8) is 0 Å². The molecule has 1 aromatic heterocycles. The molecule has 0 bridgehead atoms. The fraction of sp³-hybridized carbons (Fsp3) is 0.300. The van der Waals surface area contributed by atoms with Crippen molar-refractivity contribution in [2.24, 2.45) is 0 Å². The van der Waals surface area contributed by atoms with Gasteiger partial charge in [-0.25, -0.2) is 0 Å². The molecule has 0 amide bonds. The molecule has 0 fully saturated rings. The van der Waals surface area contributed by atoms with Crippen LogP contribution in [-0.4, -0.2) is 25.0 Å². The standard InChI is InChI=1S/C10H10ClNOSe/c11-6-3-7-12-8-4-1-2-5-9(8)14-10(12)13/h1-2,4-5H,3,6-7H2. The van der Waals surface area contributed by atoms with E-state index < -0.39 is 0 Å². The summed E-state index contributed by atoms with van der Waals surface area (Å²) >= 11 is 5.60. The molecule has 0 aliphatic carbocycles. The number of halogens is 1. The van der Waals surface area contributed by atoms with Crippen LogP contribution >= 0.6 is 11.6 Å². The molecule has 4 heteroatoms. The quantitative estimate of drug-likeness (QED) is 0.617. The third kappa shape index (κ3) is 1.81. The first-order valence-electron chi connectivity index (χ1n) is 4.47. The van der Waals surface area contributed by atoms with Crippen LogP contribution < -0.4 is 4.43 Å². The first-order chi connectivity index (χ1) is 6.83. The van der Waals surface area contributed by atoms with Gasteiger partial charge in [0.05, 0.1) is 0 Å². The van der Waals surface area contributed by atoms with Crippen molar-refractivity contribution in [2.75, 3.05) is 5.88 Å². The van der Waals surface area contributed by atoms with Crippen LogP contribution in [0.1, 0.15) is 6.42 Å². The molecule has 2 rings (SSSR count). The minimum atomic E-state index is -0.0249. The zero-order valence-electron chi connectivity index (χ0n) is 7.57. The predicted molar refractivity (Wildman–Crippen MR) is 60.5 cm³/mol. The number of aromatic nitrogens is 1. The van der Waals surface area contributed by atoms with E-state index in [-0.39, 0.29) is 18.9 Å². The van der Waals surface area contributed by atoms with Crippen LogP contribution in [0, 0.1) is 0 Å². The number of benzene rings is 1. The van der Waals surface area contributed by atoms with Crippen LogP contribution in [0.25, 0.3) is 9.78 Å². The maximum atomic E-state index is 11.6. The number of nitrogens with zero attached hydrogens (tertiary/aromatic N) is 1.